The van der Waals surface area contributed by atoms with Crippen LogP contribution in [0.4, 0.5) is 5.69 Å². The largest absolute Gasteiger partial charge is 0.497 e. The molecule has 1 heterocycles. The zero-order chi connectivity index (χ0) is 24.7. The normalized spacial score (nSPS) is 10.7. The number of ketones is 1. The van der Waals surface area contributed by atoms with E-state index in [0.717, 1.165) is 16.8 Å². The first kappa shape index (κ1) is 24.4. The fourth-order valence-corrected chi connectivity index (χ4v) is 3.36. The van der Waals surface area contributed by atoms with Crippen LogP contribution in [0.1, 0.15) is 44.5 Å². The molecule has 3 aromatic rings. The second kappa shape index (κ2) is 11.0. The Balaban J connectivity index is 1.81. The number of aromatic nitrogens is 1. The van der Waals surface area contributed by atoms with Crippen LogP contribution in [0.3, 0.4) is 0 Å². The van der Waals surface area contributed by atoms with Crippen molar-refractivity contribution in [1.82, 2.24) is 0 Å². The number of Topliss-reactive ketones (excluding diaryl/α,β-unsaturated/α-hetero) is 1. The van der Waals surface area contributed by atoms with Gasteiger partial charge in [-0.2, -0.15) is 4.57 Å². The number of hydrogen-bond donors (Lipinski definition) is 1. The van der Waals surface area contributed by atoms with Gasteiger partial charge >= 0.3 is 5.97 Å². The van der Waals surface area contributed by atoms with Gasteiger partial charge in [0.05, 0.1) is 25.5 Å². The number of esters is 1. The van der Waals surface area contributed by atoms with Gasteiger partial charge in [0.1, 0.15) is 5.75 Å². The number of nitrogens with zero attached hydrogens (tertiary/aromatic N) is 1. The van der Waals surface area contributed by atoms with Crippen molar-refractivity contribution >= 4 is 35.5 Å². The lowest BCUT2D eigenvalue weighted by molar-refractivity contribution is -0.689. The van der Waals surface area contributed by atoms with Gasteiger partial charge in [0.25, 0.3) is 0 Å². The Labute approximate surface area is 198 Å². The summed E-state index contributed by atoms with van der Waals surface area (Å²) in [6, 6.07) is 16.1. The number of benzene rings is 2. The number of carbonyl (C=O) groups is 3. The van der Waals surface area contributed by atoms with Crippen LogP contribution in [0.25, 0.3) is 12.2 Å². The molecular weight excluding hydrogens is 432 g/mol. The van der Waals surface area contributed by atoms with Gasteiger partial charge < -0.3 is 14.8 Å². The minimum atomic E-state index is -0.538. The highest BCUT2D eigenvalue weighted by molar-refractivity contribution is 6.01. The molecule has 0 spiro atoms. The number of rotatable bonds is 8. The fraction of sp³-hybridized carbons (Fsp3) is 0.185. The number of hydrogen-bond acceptors (Lipinski definition) is 5. The first-order valence-corrected chi connectivity index (χ1v) is 10.7. The van der Waals surface area contributed by atoms with Gasteiger partial charge in [0.15, 0.2) is 11.9 Å². The molecule has 0 saturated carbocycles. The minimum Gasteiger partial charge on any atom is -0.497 e. The summed E-state index contributed by atoms with van der Waals surface area (Å²) >= 11 is 0. The molecule has 0 radical (unpaired) electrons. The highest BCUT2D eigenvalue weighted by Crippen LogP contribution is 2.20. The zero-order valence-corrected chi connectivity index (χ0v) is 19.6. The third-order valence-corrected chi connectivity index (χ3v) is 5.23. The first-order chi connectivity index (χ1) is 16.3. The number of anilines is 1. The van der Waals surface area contributed by atoms with Crippen LogP contribution in [0.2, 0.25) is 0 Å². The molecule has 2 aromatic carbocycles. The number of ether oxygens (including phenoxy) is 2. The van der Waals surface area contributed by atoms with Gasteiger partial charge in [0, 0.05) is 31.0 Å². The molecule has 3 rings (SSSR count). The van der Waals surface area contributed by atoms with E-state index >= 15 is 0 Å². The SMILES string of the molecule is COC(=O)c1cc(/C=C/c2ccc(C)[n+](CC(=O)c3ccc(OC)cc3)c2)ccc1NC(C)=O. The number of carbonyl (C=O) groups excluding carboxylic acids is 3. The number of pyridine rings is 1. The standard InChI is InChI=1S/C27H26N2O5/c1-18-5-6-21(16-29(18)17-26(31)22-10-12-23(33-3)13-11-22)8-7-20-9-14-25(28-19(2)30)24(15-20)27(32)34-4/h5-16H,17H2,1-4H3/p+1/b8-7+. The summed E-state index contributed by atoms with van der Waals surface area (Å²) in [7, 11) is 2.88. The van der Waals surface area contributed by atoms with E-state index in [1.54, 1.807) is 49.6 Å². The molecule has 7 heteroatoms. The molecule has 0 fully saturated rings. The lowest BCUT2D eigenvalue weighted by atomic mass is 10.1. The van der Waals surface area contributed by atoms with E-state index in [9.17, 15) is 14.4 Å². The molecule has 34 heavy (non-hydrogen) atoms. The van der Waals surface area contributed by atoms with Crippen molar-refractivity contribution in [1.29, 1.82) is 0 Å². The second-order valence-electron chi connectivity index (χ2n) is 7.69. The minimum absolute atomic E-state index is 0.00633. The number of methoxy groups -OCH3 is 2. The molecule has 0 atom stereocenters. The first-order valence-electron chi connectivity index (χ1n) is 10.7. The van der Waals surface area contributed by atoms with E-state index < -0.39 is 5.97 Å². The summed E-state index contributed by atoms with van der Waals surface area (Å²) in [5.74, 6) is -0.118. The predicted octanol–water partition coefficient (Wildman–Crippen LogP) is 4.09. The Morgan fingerprint density at radius 3 is 2.26 bits per heavy atom. The van der Waals surface area contributed by atoms with E-state index in [1.165, 1.54) is 14.0 Å². The molecule has 174 valence electrons. The van der Waals surface area contributed by atoms with Crippen molar-refractivity contribution < 1.29 is 28.4 Å². The van der Waals surface area contributed by atoms with Crippen molar-refractivity contribution in [3.63, 3.8) is 0 Å². The fourth-order valence-electron chi connectivity index (χ4n) is 3.36. The molecule has 1 aromatic heterocycles. The highest BCUT2D eigenvalue weighted by atomic mass is 16.5. The molecule has 7 nitrogen and oxygen atoms in total. The number of nitrogens with one attached hydrogen (secondary N) is 1. The van der Waals surface area contributed by atoms with Crippen molar-refractivity contribution in [2.45, 2.75) is 20.4 Å². The quantitative estimate of drug-likeness (QED) is 0.312. The number of amides is 1. The van der Waals surface area contributed by atoms with Crippen LogP contribution in [0.15, 0.2) is 60.8 Å². The van der Waals surface area contributed by atoms with Gasteiger partial charge in [-0.15, -0.1) is 0 Å². The molecule has 0 aliphatic heterocycles. The van der Waals surface area contributed by atoms with Crippen molar-refractivity contribution in [2.75, 3.05) is 19.5 Å². The van der Waals surface area contributed by atoms with Gasteiger partial charge in [0.2, 0.25) is 18.2 Å². The van der Waals surface area contributed by atoms with Crippen molar-refractivity contribution in [2.24, 2.45) is 0 Å². The zero-order valence-electron chi connectivity index (χ0n) is 19.6. The second-order valence-corrected chi connectivity index (χ2v) is 7.69. The Morgan fingerprint density at radius 2 is 1.62 bits per heavy atom. The third-order valence-electron chi connectivity index (χ3n) is 5.23. The van der Waals surface area contributed by atoms with E-state index in [4.69, 9.17) is 9.47 Å². The molecule has 0 unspecified atom stereocenters. The Hall–Kier alpha value is -4.26. The molecule has 1 amide bonds. The molecule has 0 bridgehead atoms. The average molecular weight is 460 g/mol. The average Bonchev–Trinajstić information content (AvgIpc) is 2.84. The topological polar surface area (TPSA) is 85.6 Å². The Morgan fingerprint density at radius 1 is 0.941 bits per heavy atom. The van der Waals surface area contributed by atoms with Crippen LogP contribution < -0.4 is 14.6 Å². The summed E-state index contributed by atoms with van der Waals surface area (Å²) in [4.78, 5) is 36.3. The smallest absolute Gasteiger partial charge is 0.339 e. The van der Waals surface area contributed by atoms with Crippen molar-refractivity contribution in [3.8, 4) is 5.75 Å². The van der Waals surface area contributed by atoms with Crippen LogP contribution in [0.5, 0.6) is 5.75 Å². The van der Waals surface area contributed by atoms with Crippen LogP contribution >= 0.6 is 0 Å². The molecule has 0 saturated heterocycles. The summed E-state index contributed by atoms with van der Waals surface area (Å²) < 4.78 is 11.9. The Kier molecular flexibility index (Phi) is 7.92. The van der Waals surface area contributed by atoms with Crippen LogP contribution in [0, 0.1) is 6.92 Å². The maximum atomic E-state index is 12.7. The van der Waals surface area contributed by atoms with Gasteiger partial charge in [-0.05, 0) is 54.1 Å². The van der Waals surface area contributed by atoms with Crippen molar-refractivity contribution in [3.05, 3.63) is 88.7 Å². The lowest BCUT2D eigenvalue weighted by Crippen LogP contribution is -2.40. The lowest BCUT2D eigenvalue weighted by Gasteiger charge is -2.09. The third kappa shape index (κ3) is 6.16. The van der Waals surface area contributed by atoms with E-state index in [2.05, 4.69) is 5.32 Å². The van der Waals surface area contributed by atoms with Crippen LogP contribution in [-0.4, -0.2) is 31.9 Å². The summed E-state index contributed by atoms with van der Waals surface area (Å²) in [5, 5.41) is 2.64. The van der Waals surface area contributed by atoms with Gasteiger partial charge in [-0.3, -0.25) is 9.59 Å². The van der Waals surface area contributed by atoms with Gasteiger partial charge in [-0.25, -0.2) is 4.79 Å². The van der Waals surface area contributed by atoms with E-state index in [1.807, 2.05) is 42.0 Å². The van der Waals surface area contributed by atoms with E-state index in [0.29, 0.717) is 17.0 Å². The Bertz CT molecular complexity index is 1250. The molecule has 1 N–H and O–H groups in total. The molecule has 0 aliphatic carbocycles. The summed E-state index contributed by atoms with van der Waals surface area (Å²) in [6.45, 7) is 3.52. The van der Waals surface area contributed by atoms with Gasteiger partial charge in [-0.1, -0.05) is 12.1 Å². The van der Waals surface area contributed by atoms with E-state index in [-0.39, 0.29) is 23.8 Å². The monoisotopic (exact) mass is 459 g/mol. The predicted molar refractivity (Wildman–Crippen MR) is 130 cm³/mol. The maximum absolute atomic E-state index is 12.7. The highest BCUT2D eigenvalue weighted by Gasteiger charge is 2.16. The summed E-state index contributed by atoms with van der Waals surface area (Å²) in [5.41, 5.74) is 3.87. The van der Waals surface area contributed by atoms with Crippen LogP contribution in [-0.2, 0) is 16.1 Å². The molecular formula is C27H27N2O5+. The summed E-state index contributed by atoms with van der Waals surface area (Å²) in [6.07, 6.45) is 5.65. The maximum Gasteiger partial charge on any atom is 0.339 e. The number of aryl methyl sites for hydroxylation is 1. The molecule has 0 aliphatic rings.